The summed E-state index contributed by atoms with van der Waals surface area (Å²) in [4.78, 5) is 13.6. The lowest BCUT2D eigenvalue weighted by atomic mass is 9.78. The Labute approximate surface area is 196 Å². The average Bonchev–Trinajstić information content (AvgIpc) is 2.96. The van der Waals surface area contributed by atoms with Gasteiger partial charge in [-0.1, -0.05) is 48.0 Å². The SMILES string of the molecule is COc1ccc([C@H]2Nc3ccccc3NC3=C2C(=O)C[C@@H](c2ccc(C)cc2)C3)cc1Br. The Bertz CT molecular complexity index is 1220. The van der Waals surface area contributed by atoms with Crippen molar-refractivity contribution in [2.24, 2.45) is 0 Å². The number of methoxy groups -OCH3 is 1. The fourth-order valence-corrected chi connectivity index (χ4v) is 5.24. The third-order valence-electron chi connectivity index (χ3n) is 6.37. The molecule has 0 spiro atoms. The van der Waals surface area contributed by atoms with Gasteiger partial charge >= 0.3 is 0 Å². The number of allylic oxidation sites excluding steroid dienone is 1. The predicted octanol–water partition coefficient (Wildman–Crippen LogP) is 6.75. The van der Waals surface area contributed by atoms with E-state index in [0.29, 0.717) is 6.42 Å². The van der Waals surface area contributed by atoms with Crippen molar-refractivity contribution in [2.45, 2.75) is 31.7 Å². The van der Waals surface area contributed by atoms with E-state index < -0.39 is 0 Å². The first kappa shape index (κ1) is 20.8. The minimum atomic E-state index is -0.241. The number of rotatable bonds is 3. The van der Waals surface area contributed by atoms with Gasteiger partial charge in [-0.15, -0.1) is 0 Å². The van der Waals surface area contributed by atoms with Crippen molar-refractivity contribution >= 4 is 33.1 Å². The van der Waals surface area contributed by atoms with Gasteiger partial charge in [-0.3, -0.25) is 4.79 Å². The quantitative estimate of drug-likeness (QED) is 0.428. The second kappa shape index (κ2) is 8.47. The number of nitrogens with one attached hydrogen (secondary N) is 2. The first-order chi connectivity index (χ1) is 15.5. The highest BCUT2D eigenvalue weighted by Crippen LogP contribution is 2.45. The van der Waals surface area contributed by atoms with Crippen LogP contribution in [0.15, 0.2) is 82.5 Å². The molecule has 0 radical (unpaired) electrons. The molecule has 5 rings (SSSR count). The summed E-state index contributed by atoms with van der Waals surface area (Å²) in [5.41, 5.74) is 7.26. The number of ether oxygens (including phenoxy) is 1. The molecule has 0 amide bonds. The minimum absolute atomic E-state index is 0.169. The van der Waals surface area contributed by atoms with Crippen LogP contribution in [0.25, 0.3) is 0 Å². The Morgan fingerprint density at radius 1 is 0.938 bits per heavy atom. The zero-order valence-corrected chi connectivity index (χ0v) is 19.7. The molecule has 1 aliphatic carbocycles. The Hall–Kier alpha value is -3.05. The zero-order chi connectivity index (χ0) is 22.2. The highest BCUT2D eigenvalue weighted by atomic mass is 79.9. The molecule has 162 valence electrons. The van der Waals surface area contributed by atoms with Crippen LogP contribution in [-0.2, 0) is 4.79 Å². The molecule has 2 atom stereocenters. The van der Waals surface area contributed by atoms with Gasteiger partial charge < -0.3 is 15.4 Å². The van der Waals surface area contributed by atoms with Crippen molar-refractivity contribution in [3.63, 3.8) is 0 Å². The highest BCUT2D eigenvalue weighted by Gasteiger charge is 2.36. The van der Waals surface area contributed by atoms with E-state index in [1.54, 1.807) is 7.11 Å². The van der Waals surface area contributed by atoms with Crippen molar-refractivity contribution in [1.82, 2.24) is 0 Å². The minimum Gasteiger partial charge on any atom is -0.496 e. The van der Waals surface area contributed by atoms with E-state index in [0.717, 1.165) is 44.9 Å². The fraction of sp³-hybridized carbons (Fsp3) is 0.222. The molecule has 2 N–H and O–H groups in total. The highest BCUT2D eigenvalue weighted by molar-refractivity contribution is 9.10. The fourth-order valence-electron chi connectivity index (χ4n) is 4.68. The van der Waals surface area contributed by atoms with Crippen LogP contribution in [0.1, 0.15) is 41.5 Å². The number of halogens is 1. The first-order valence-electron chi connectivity index (χ1n) is 10.8. The third kappa shape index (κ3) is 3.82. The zero-order valence-electron chi connectivity index (χ0n) is 18.1. The lowest BCUT2D eigenvalue weighted by Gasteiger charge is -2.30. The van der Waals surface area contributed by atoms with E-state index in [1.807, 2.05) is 36.4 Å². The smallest absolute Gasteiger partial charge is 0.163 e. The standard InChI is InChI=1S/C27H25BrN2O2/c1-16-7-9-17(10-8-16)19-14-23-26(24(31)15-19)27(18-11-12-25(32-2)20(28)13-18)30-22-6-4-3-5-21(22)29-23/h3-13,19,27,29-30H,14-15H2,1-2H3/t19-,27+/m0/s1. The number of ketones is 1. The summed E-state index contributed by atoms with van der Waals surface area (Å²) in [7, 11) is 1.65. The maximum atomic E-state index is 13.6. The molecule has 4 nitrogen and oxygen atoms in total. The predicted molar refractivity (Wildman–Crippen MR) is 132 cm³/mol. The molecule has 5 heteroatoms. The molecule has 0 saturated heterocycles. The largest absolute Gasteiger partial charge is 0.496 e. The maximum Gasteiger partial charge on any atom is 0.163 e. The molecule has 1 heterocycles. The number of Topliss-reactive ketones (excluding diaryl/α,β-unsaturated/α-hetero) is 1. The number of aryl methyl sites for hydroxylation is 1. The molecule has 0 bridgehead atoms. The maximum absolute atomic E-state index is 13.6. The topological polar surface area (TPSA) is 50.4 Å². The number of anilines is 2. The summed E-state index contributed by atoms with van der Waals surface area (Å²) in [6, 6.07) is 22.4. The lowest BCUT2D eigenvalue weighted by molar-refractivity contribution is -0.116. The Morgan fingerprint density at radius 3 is 2.38 bits per heavy atom. The molecular formula is C27H25BrN2O2. The van der Waals surface area contributed by atoms with Gasteiger partial charge in [0.2, 0.25) is 0 Å². The van der Waals surface area contributed by atoms with Gasteiger partial charge in [0.1, 0.15) is 5.75 Å². The van der Waals surface area contributed by atoms with Gasteiger partial charge in [0, 0.05) is 17.7 Å². The second-order valence-electron chi connectivity index (χ2n) is 8.47. The van der Waals surface area contributed by atoms with E-state index in [1.165, 1.54) is 11.1 Å². The number of para-hydroxylation sites is 2. The number of benzene rings is 3. The summed E-state index contributed by atoms with van der Waals surface area (Å²) in [6.07, 6.45) is 1.31. The van der Waals surface area contributed by atoms with E-state index in [9.17, 15) is 4.79 Å². The van der Waals surface area contributed by atoms with E-state index in [2.05, 4.69) is 63.8 Å². The van der Waals surface area contributed by atoms with E-state index in [4.69, 9.17) is 4.74 Å². The molecule has 0 saturated carbocycles. The van der Waals surface area contributed by atoms with E-state index in [-0.39, 0.29) is 17.7 Å². The molecule has 3 aromatic carbocycles. The average molecular weight is 489 g/mol. The van der Waals surface area contributed by atoms with Gasteiger partial charge in [-0.05, 0) is 70.6 Å². The Kier molecular flexibility index (Phi) is 5.51. The van der Waals surface area contributed by atoms with Gasteiger partial charge in [0.25, 0.3) is 0 Å². The molecule has 0 unspecified atom stereocenters. The lowest BCUT2D eigenvalue weighted by Crippen LogP contribution is -2.26. The third-order valence-corrected chi connectivity index (χ3v) is 6.99. The van der Waals surface area contributed by atoms with Crippen LogP contribution in [0.5, 0.6) is 5.75 Å². The van der Waals surface area contributed by atoms with E-state index >= 15 is 0 Å². The monoisotopic (exact) mass is 488 g/mol. The van der Waals surface area contributed by atoms with Crippen LogP contribution in [0.2, 0.25) is 0 Å². The van der Waals surface area contributed by atoms with Gasteiger partial charge in [0.05, 0.1) is 29.0 Å². The Balaban J connectivity index is 1.60. The number of hydrogen-bond donors (Lipinski definition) is 2. The first-order valence-corrected chi connectivity index (χ1v) is 11.6. The van der Waals surface area contributed by atoms with Crippen molar-refractivity contribution in [3.05, 3.63) is 99.2 Å². The van der Waals surface area contributed by atoms with Crippen molar-refractivity contribution in [2.75, 3.05) is 17.7 Å². The molecule has 3 aromatic rings. The number of carbonyl (C=O) groups excluding carboxylic acids is 1. The van der Waals surface area contributed by atoms with Gasteiger partial charge in [-0.25, -0.2) is 0 Å². The molecule has 2 aliphatic rings. The van der Waals surface area contributed by atoms with Crippen LogP contribution >= 0.6 is 15.9 Å². The second-order valence-corrected chi connectivity index (χ2v) is 9.33. The van der Waals surface area contributed by atoms with Crippen molar-refractivity contribution < 1.29 is 9.53 Å². The summed E-state index contributed by atoms with van der Waals surface area (Å²) in [5.74, 6) is 1.12. The van der Waals surface area contributed by atoms with Crippen molar-refractivity contribution in [1.29, 1.82) is 0 Å². The summed E-state index contributed by atoms with van der Waals surface area (Å²) >= 11 is 3.60. The van der Waals surface area contributed by atoms with Crippen molar-refractivity contribution in [3.8, 4) is 5.75 Å². The van der Waals surface area contributed by atoms with Gasteiger partial charge in [0.15, 0.2) is 5.78 Å². The van der Waals surface area contributed by atoms with Crippen LogP contribution in [0.3, 0.4) is 0 Å². The van der Waals surface area contributed by atoms with Crippen LogP contribution < -0.4 is 15.4 Å². The summed E-state index contributed by atoms with van der Waals surface area (Å²) in [5, 5.41) is 7.23. The van der Waals surface area contributed by atoms with Gasteiger partial charge in [-0.2, -0.15) is 0 Å². The summed E-state index contributed by atoms with van der Waals surface area (Å²) < 4.78 is 6.28. The molecule has 0 aromatic heterocycles. The number of hydrogen-bond acceptors (Lipinski definition) is 4. The molecule has 0 fully saturated rings. The van der Waals surface area contributed by atoms with Crippen LogP contribution in [-0.4, -0.2) is 12.9 Å². The molecular weight excluding hydrogens is 464 g/mol. The molecule has 1 aliphatic heterocycles. The normalized spacial score (nSPS) is 19.9. The Morgan fingerprint density at radius 2 is 1.66 bits per heavy atom. The number of carbonyl (C=O) groups is 1. The van der Waals surface area contributed by atoms with Crippen LogP contribution in [0, 0.1) is 6.92 Å². The molecule has 32 heavy (non-hydrogen) atoms. The number of fused-ring (bicyclic) bond motifs is 1. The van der Waals surface area contributed by atoms with Crippen LogP contribution in [0.4, 0.5) is 11.4 Å². The summed E-state index contributed by atoms with van der Waals surface area (Å²) in [6.45, 7) is 2.09.